The summed E-state index contributed by atoms with van der Waals surface area (Å²) in [6.45, 7) is 1.12. The fraction of sp³-hybridized carbons (Fsp3) is 0.429. The van der Waals surface area contributed by atoms with E-state index in [0.717, 1.165) is 5.56 Å². The summed E-state index contributed by atoms with van der Waals surface area (Å²) in [5.74, 6) is -1.05. The van der Waals surface area contributed by atoms with Gasteiger partial charge in [0, 0.05) is 11.6 Å². The van der Waals surface area contributed by atoms with Crippen LogP contribution in [0.4, 0.5) is 0 Å². The molecule has 0 spiro atoms. The highest BCUT2D eigenvalue weighted by molar-refractivity contribution is 6.31. The van der Waals surface area contributed by atoms with Gasteiger partial charge in [0.25, 0.3) is 0 Å². The molecule has 1 aromatic carbocycles. The molecule has 0 aromatic heterocycles. The Hall–Kier alpha value is -1.59. The van der Waals surface area contributed by atoms with Gasteiger partial charge < -0.3 is 14.7 Å². The van der Waals surface area contributed by atoms with Crippen LogP contribution in [0.15, 0.2) is 24.3 Å². The molecule has 1 amide bonds. The van der Waals surface area contributed by atoms with Crippen molar-refractivity contribution in [2.75, 3.05) is 19.8 Å². The number of amides is 1. The van der Waals surface area contributed by atoms with Crippen LogP contribution in [0.3, 0.4) is 0 Å². The van der Waals surface area contributed by atoms with Gasteiger partial charge in [0.2, 0.25) is 5.91 Å². The lowest BCUT2D eigenvalue weighted by Crippen LogP contribution is -2.50. The van der Waals surface area contributed by atoms with Gasteiger partial charge in [-0.05, 0) is 11.6 Å². The second-order valence-corrected chi connectivity index (χ2v) is 5.09. The number of aliphatic carboxylic acids is 1. The molecule has 0 radical (unpaired) electrons. The summed E-state index contributed by atoms with van der Waals surface area (Å²) in [4.78, 5) is 24.7. The number of halogens is 1. The van der Waals surface area contributed by atoms with Crippen molar-refractivity contribution >= 4 is 23.5 Å². The molecule has 1 heterocycles. The molecule has 1 aliphatic rings. The van der Waals surface area contributed by atoms with Gasteiger partial charge in [-0.2, -0.15) is 0 Å². The first-order valence-corrected chi connectivity index (χ1v) is 6.78. The van der Waals surface area contributed by atoms with Gasteiger partial charge in [-0.15, -0.1) is 0 Å². The van der Waals surface area contributed by atoms with E-state index in [1.807, 2.05) is 6.07 Å². The molecular weight excluding hydrogens is 282 g/mol. The highest BCUT2D eigenvalue weighted by Gasteiger charge is 2.29. The fourth-order valence-corrected chi connectivity index (χ4v) is 2.46. The summed E-state index contributed by atoms with van der Waals surface area (Å²) < 4.78 is 5.25. The molecule has 0 aliphatic carbocycles. The first-order valence-electron chi connectivity index (χ1n) is 6.40. The van der Waals surface area contributed by atoms with Crippen molar-refractivity contribution in [3.63, 3.8) is 0 Å². The Morgan fingerprint density at radius 1 is 1.40 bits per heavy atom. The summed E-state index contributed by atoms with van der Waals surface area (Å²) in [5.41, 5.74) is 0.750. The molecule has 1 aromatic rings. The number of carboxylic acid groups (broad SMARTS) is 1. The molecule has 1 N–H and O–H groups in total. The van der Waals surface area contributed by atoms with Gasteiger partial charge >= 0.3 is 5.97 Å². The lowest BCUT2D eigenvalue weighted by molar-refractivity contribution is -0.145. The minimum Gasteiger partial charge on any atom is -0.481 e. The van der Waals surface area contributed by atoms with E-state index in [4.69, 9.17) is 21.4 Å². The second kappa shape index (κ2) is 6.72. The molecule has 108 valence electrons. The van der Waals surface area contributed by atoms with Gasteiger partial charge in [-0.25, -0.2) is 0 Å². The summed E-state index contributed by atoms with van der Waals surface area (Å²) in [7, 11) is 0. The standard InChI is InChI=1S/C14H16ClNO4/c15-12-4-2-1-3-10(12)7-13(17)16-5-6-20-9-11(16)8-14(18)19/h1-4,11H,5-9H2,(H,18,19)/t11-/m0/s1. The lowest BCUT2D eigenvalue weighted by atomic mass is 10.1. The van der Waals surface area contributed by atoms with Crippen LogP contribution in [0.2, 0.25) is 5.02 Å². The van der Waals surface area contributed by atoms with Crippen molar-refractivity contribution in [3.05, 3.63) is 34.9 Å². The summed E-state index contributed by atoms with van der Waals surface area (Å²) in [6.07, 6.45) is 0.0735. The molecule has 1 aliphatic heterocycles. The Kier molecular flexibility index (Phi) is 4.98. The average molecular weight is 298 g/mol. The Morgan fingerprint density at radius 3 is 2.85 bits per heavy atom. The normalized spacial score (nSPS) is 18.9. The van der Waals surface area contributed by atoms with Crippen LogP contribution >= 0.6 is 11.6 Å². The molecule has 1 fully saturated rings. The van der Waals surface area contributed by atoms with Gasteiger partial charge in [-0.3, -0.25) is 9.59 Å². The molecule has 0 unspecified atom stereocenters. The van der Waals surface area contributed by atoms with Crippen LogP contribution in [-0.4, -0.2) is 47.7 Å². The van der Waals surface area contributed by atoms with Crippen molar-refractivity contribution in [2.45, 2.75) is 18.9 Å². The Morgan fingerprint density at radius 2 is 2.15 bits per heavy atom. The summed E-state index contributed by atoms with van der Waals surface area (Å²) in [6, 6.07) is 6.75. The number of hydrogen-bond donors (Lipinski definition) is 1. The zero-order chi connectivity index (χ0) is 14.5. The Bertz CT molecular complexity index is 506. The third kappa shape index (κ3) is 3.71. The van der Waals surface area contributed by atoms with Gasteiger partial charge in [0.05, 0.1) is 32.1 Å². The molecule has 6 heteroatoms. The van der Waals surface area contributed by atoms with E-state index in [1.54, 1.807) is 23.1 Å². The minimum atomic E-state index is -0.934. The van der Waals surface area contributed by atoms with Crippen molar-refractivity contribution in [2.24, 2.45) is 0 Å². The number of carbonyl (C=O) groups is 2. The summed E-state index contributed by atoms with van der Waals surface area (Å²) >= 11 is 6.04. The molecule has 0 bridgehead atoms. The molecule has 1 atom stereocenters. The van der Waals surface area contributed by atoms with E-state index in [1.165, 1.54) is 0 Å². The Labute approximate surface area is 122 Å². The van der Waals surface area contributed by atoms with Crippen molar-refractivity contribution in [3.8, 4) is 0 Å². The van der Waals surface area contributed by atoms with Crippen molar-refractivity contribution in [1.82, 2.24) is 4.90 Å². The van der Waals surface area contributed by atoms with Crippen LogP contribution in [0.1, 0.15) is 12.0 Å². The number of carboxylic acids is 1. The van der Waals surface area contributed by atoms with Crippen LogP contribution in [0, 0.1) is 0 Å². The number of hydrogen-bond acceptors (Lipinski definition) is 3. The minimum absolute atomic E-state index is 0.103. The number of nitrogens with zero attached hydrogens (tertiary/aromatic N) is 1. The van der Waals surface area contributed by atoms with E-state index < -0.39 is 12.0 Å². The molecule has 0 saturated carbocycles. The van der Waals surface area contributed by atoms with E-state index >= 15 is 0 Å². The number of benzene rings is 1. The predicted octanol–water partition coefficient (Wildman–Crippen LogP) is 1.58. The van der Waals surface area contributed by atoms with E-state index in [0.29, 0.717) is 18.2 Å². The zero-order valence-corrected chi connectivity index (χ0v) is 11.7. The van der Waals surface area contributed by atoms with Crippen LogP contribution < -0.4 is 0 Å². The number of ether oxygens (including phenoxy) is 1. The predicted molar refractivity (Wildman–Crippen MR) is 73.7 cm³/mol. The van der Waals surface area contributed by atoms with Crippen molar-refractivity contribution in [1.29, 1.82) is 0 Å². The van der Waals surface area contributed by atoms with Crippen LogP contribution in [0.25, 0.3) is 0 Å². The first-order chi connectivity index (χ1) is 9.58. The van der Waals surface area contributed by atoms with Crippen molar-refractivity contribution < 1.29 is 19.4 Å². The van der Waals surface area contributed by atoms with E-state index in [2.05, 4.69) is 0 Å². The number of carbonyl (C=O) groups excluding carboxylic acids is 1. The average Bonchev–Trinajstić information content (AvgIpc) is 2.41. The fourth-order valence-electron chi connectivity index (χ4n) is 2.26. The highest BCUT2D eigenvalue weighted by atomic mass is 35.5. The number of rotatable bonds is 4. The van der Waals surface area contributed by atoms with Gasteiger partial charge in [-0.1, -0.05) is 29.8 Å². The third-order valence-electron chi connectivity index (χ3n) is 3.26. The van der Waals surface area contributed by atoms with Gasteiger partial charge in [0.1, 0.15) is 0 Å². The molecule has 1 saturated heterocycles. The SMILES string of the molecule is O=C(O)C[C@H]1COCCN1C(=O)Cc1ccccc1Cl. The van der Waals surface area contributed by atoms with E-state index in [-0.39, 0.29) is 25.4 Å². The van der Waals surface area contributed by atoms with E-state index in [9.17, 15) is 9.59 Å². The molecule has 20 heavy (non-hydrogen) atoms. The first kappa shape index (κ1) is 14.8. The number of morpholine rings is 1. The smallest absolute Gasteiger partial charge is 0.305 e. The van der Waals surface area contributed by atoms with Crippen LogP contribution in [-0.2, 0) is 20.7 Å². The van der Waals surface area contributed by atoms with Gasteiger partial charge in [0.15, 0.2) is 0 Å². The maximum absolute atomic E-state index is 12.3. The molecular formula is C14H16ClNO4. The lowest BCUT2D eigenvalue weighted by Gasteiger charge is -2.35. The zero-order valence-electron chi connectivity index (χ0n) is 10.9. The Balaban J connectivity index is 2.06. The van der Waals surface area contributed by atoms with Crippen LogP contribution in [0.5, 0.6) is 0 Å². The maximum atomic E-state index is 12.3. The quantitative estimate of drug-likeness (QED) is 0.916. The molecule has 2 rings (SSSR count). The molecule has 5 nitrogen and oxygen atoms in total. The second-order valence-electron chi connectivity index (χ2n) is 4.68. The third-order valence-corrected chi connectivity index (χ3v) is 3.63. The largest absolute Gasteiger partial charge is 0.481 e. The monoisotopic (exact) mass is 297 g/mol. The highest BCUT2D eigenvalue weighted by Crippen LogP contribution is 2.18. The maximum Gasteiger partial charge on any atom is 0.305 e. The topological polar surface area (TPSA) is 66.8 Å². The summed E-state index contributed by atoms with van der Waals surface area (Å²) in [5, 5.41) is 9.43.